The van der Waals surface area contributed by atoms with Crippen LogP contribution in [0.3, 0.4) is 0 Å². The molecule has 1 heterocycles. The van der Waals surface area contributed by atoms with Gasteiger partial charge in [-0.2, -0.15) is 0 Å². The summed E-state index contributed by atoms with van der Waals surface area (Å²) < 4.78 is 21.6. The van der Waals surface area contributed by atoms with Crippen LogP contribution in [-0.4, -0.2) is 19.0 Å². The van der Waals surface area contributed by atoms with E-state index in [-0.39, 0.29) is 16.9 Å². The number of carbonyl (C=O) groups is 2. The van der Waals surface area contributed by atoms with Gasteiger partial charge in [-0.15, -0.1) is 0 Å². The van der Waals surface area contributed by atoms with Crippen molar-refractivity contribution in [3.63, 3.8) is 0 Å². The van der Waals surface area contributed by atoms with Gasteiger partial charge in [-0.3, -0.25) is 4.79 Å². The van der Waals surface area contributed by atoms with Crippen molar-refractivity contribution in [3.05, 3.63) is 105 Å². The van der Waals surface area contributed by atoms with E-state index in [1.165, 1.54) is 31.4 Å². The van der Waals surface area contributed by atoms with Crippen LogP contribution in [0, 0.1) is 0 Å². The summed E-state index contributed by atoms with van der Waals surface area (Å²) in [7, 11) is 1.52. The number of primary amides is 1. The van der Waals surface area contributed by atoms with Gasteiger partial charge in [0.05, 0.1) is 7.11 Å². The molecule has 3 aromatic carbocycles. The summed E-state index contributed by atoms with van der Waals surface area (Å²) in [4.78, 5) is 35.5. The number of methoxy groups -OCH3 is 1. The van der Waals surface area contributed by atoms with Crippen molar-refractivity contribution in [2.45, 2.75) is 6.61 Å². The van der Waals surface area contributed by atoms with Gasteiger partial charge in [-0.05, 0) is 59.7 Å². The molecule has 36 heavy (non-hydrogen) atoms. The van der Waals surface area contributed by atoms with Gasteiger partial charge >= 0.3 is 11.6 Å². The molecule has 9 heteroatoms. The molecule has 0 aliphatic rings. The van der Waals surface area contributed by atoms with Crippen LogP contribution >= 0.6 is 11.6 Å². The molecule has 0 spiro atoms. The average molecular weight is 506 g/mol. The summed E-state index contributed by atoms with van der Waals surface area (Å²) in [6.07, 6.45) is 2.81. The molecule has 4 aromatic rings. The van der Waals surface area contributed by atoms with Crippen molar-refractivity contribution in [2.24, 2.45) is 5.73 Å². The highest BCUT2D eigenvalue weighted by atomic mass is 35.5. The van der Waals surface area contributed by atoms with E-state index in [1.807, 2.05) is 12.1 Å². The van der Waals surface area contributed by atoms with Gasteiger partial charge in [-0.25, -0.2) is 9.59 Å². The van der Waals surface area contributed by atoms with Crippen LogP contribution in [0.4, 0.5) is 0 Å². The molecule has 0 unspecified atom stereocenters. The predicted molar refractivity (Wildman–Crippen MR) is 134 cm³/mol. The van der Waals surface area contributed by atoms with E-state index in [0.717, 1.165) is 5.56 Å². The molecule has 0 fully saturated rings. The zero-order valence-corrected chi connectivity index (χ0v) is 19.8. The number of esters is 1. The Balaban J connectivity index is 1.42. The zero-order chi connectivity index (χ0) is 25.7. The lowest BCUT2D eigenvalue weighted by Crippen LogP contribution is -2.20. The van der Waals surface area contributed by atoms with E-state index in [2.05, 4.69) is 0 Å². The number of benzene rings is 3. The Morgan fingerprint density at radius 3 is 2.50 bits per heavy atom. The number of carbonyl (C=O) groups excluding carboxylic acids is 2. The summed E-state index contributed by atoms with van der Waals surface area (Å²) in [5.74, 6) is -0.323. The zero-order valence-electron chi connectivity index (χ0n) is 19.0. The van der Waals surface area contributed by atoms with E-state index in [4.69, 9.17) is 36.0 Å². The number of ether oxygens (including phenoxy) is 3. The highest BCUT2D eigenvalue weighted by Gasteiger charge is 2.12. The molecule has 0 bridgehead atoms. The molecular formula is C27H20ClNO7. The van der Waals surface area contributed by atoms with Gasteiger partial charge in [0.15, 0.2) is 11.5 Å². The van der Waals surface area contributed by atoms with Crippen LogP contribution in [0.2, 0.25) is 5.02 Å². The number of rotatable bonds is 8. The van der Waals surface area contributed by atoms with Crippen LogP contribution < -0.4 is 25.6 Å². The monoisotopic (exact) mass is 505 g/mol. The van der Waals surface area contributed by atoms with Gasteiger partial charge < -0.3 is 24.4 Å². The predicted octanol–water partition coefficient (Wildman–Crippen LogP) is 4.75. The molecule has 1 aromatic heterocycles. The third kappa shape index (κ3) is 5.92. The van der Waals surface area contributed by atoms with Gasteiger partial charge in [0.25, 0.3) is 5.91 Å². The highest BCUT2D eigenvalue weighted by molar-refractivity contribution is 6.30. The van der Waals surface area contributed by atoms with Gasteiger partial charge in [0.1, 0.15) is 23.5 Å². The summed E-state index contributed by atoms with van der Waals surface area (Å²) >= 11 is 5.90. The molecule has 0 aliphatic heterocycles. The summed E-state index contributed by atoms with van der Waals surface area (Å²) in [6, 6.07) is 18.3. The first-order chi connectivity index (χ1) is 17.3. The van der Waals surface area contributed by atoms with Crippen molar-refractivity contribution in [3.8, 4) is 17.2 Å². The van der Waals surface area contributed by atoms with E-state index in [1.54, 1.807) is 42.5 Å². The minimum absolute atomic E-state index is 0.151. The lowest BCUT2D eigenvalue weighted by atomic mass is 10.1. The lowest BCUT2D eigenvalue weighted by molar-refractivity contribution is -0.128. The van der Waals surface area contributed by atoms with Crippen LogP contribution in [-0.2, 0) is 11.4 Å². The number of nitrogens with two attached hydrogens (primary N) is 1. The third-order valence-electron chi connectivity index (χ3n) is 5.10. The fourth-order valence-corrected chi connectivity index (χ4v) is 3.42. The third-order valence-corrected chi connectivity index (χ3v) is 5.35. The standard InChI is InChI=1S/C27H20ClNO7/c1-33-24-12-16(4-10-22(24)34-15-17-2-7-19(28)8-3-17)5-11-25(30)35-20-9-6-18-13-21(26(29)31)27(32)36-23(18)14-20/h2-14H,15H2,1H3,(H2,29,31)/b11-5+. The summed E-state index contributed by atoms with van der Waals surface area (Å²) in [6.45, 7) is 0.338. The average Bonchev–Trinajstić information content (AvgIpc) is 2.86. The molecule has 0 atom stereocenters. The highest BCUT2D eigenvalue weighted by Crippen LogP contribution is 2.29. The molecule has 0 saturated carbocycles. The maximum Gasteiger partial charge on any atom is 0.349 e. The summed E-state index contributed by atoms with van der Waals surface area (Å²) in [5, 5.41) is 1.11. The Bertz CT molecular complexity index is 1520. The Morgan fingerprint density at radius 2 is 1.78 bits per heavy atom. The van der Waals surface area contributed by atoms with Crippen LogP contribution in [0.25, 0.3) is 17.0 Å². The summed E-state index contributed by atoms with van der Waals surface area (Å²) in [5.41, 5.74) is 5.82. The largest absolute Gasteiger partial charge is 0.493 e. The molecule has 1 amide bonds. The van der Waals surface area contributed by atoms with Gasteiger partial charge in [0.2, 0.25) is 0 Å². The Morgan fingerprint density at radius 1 is 1.00 bits per heavy atom. The van der Waals surface area contributed by atoms with Gasteiger partial charge in [-0.1, -0.05) is 29.8 Å². The molecule has 2 N–H and O–H groups in total. The van der Waals surface area contributed by atoms with E-state index in [9.17, 15) is 14.4 Å². The maximum absolute atomic E-state index is 12.3. The Hall–Kier alpha value is -4.56. The SMILES string of the molecule is COc1cc(/C=C/C(=O)Oc2ccc3cc(C(N)=O)c(=O)oc3c2)ccc1OCc1ccc(Cl)cc1. The van der Waals surface area contributed by atoms with Crippen molar-refractivity contribution >= 4 is 40.5 Å². The fourth-order valence-electron chi connectivity index (χ4n) is 3.29. The topological polar surface area (TPSA) is 118 Å². The van der Waals surface area contributed by atoms with Crippen molar-refractivity contribution in [1.82, 2.24) is 0 Å². The van der Waals surface area contributed by atoms with E-state index >= 15 is 0 Å². The van der Waals surface area contributed by atoms with Crippen LogP contribution in [0.15, 0.2) is 82.0 Å². The first-order valence-electron chi connectivity index (χ1n) is 10.7. The molecule has 4 rings (SSSR count). The molecule has 182 valence electrons. The van der Waals surface area contributed by atoms with Gasteiger partial charge in [0, 0.05) is 22.6 Å². The normalized spacial score (nSPS) is 10.9. The molecular weight excluding hydrogens is 486 g/mol. The first kappa shape index (κ1) is 24.6. The van der Waals surface area contributed by atoms with Crippen molar-refractivity contribution in [2.75, 3.05) is 7.11 Å². The molecule has 0 aliphatic carbocycles. The second-order valence-corrected chi connectivity index (χ2v) is 8.03. The quantitative estimate of drug-likeness (QED) is 0.159. The minimum atomic E-state index is -0.885. The Kier molecular flexibility index (Phi) is 7.36. The van der Waals surface area contributed by atoms with E-state index < -0.39 is 17.5 Å². The van der Waals surface area contributed by atoms with Crippen molar-refractivity contribution in [1.29, 1.82) is 0 Å². The molecule has 0 radical (unpaired) electrons. The second-order valence-electron chi connectivity index (χ2n) is 7.59. The Labute approximate surface area is 210 Å². The first-order valence-corrected chi connectivity index (χ1v) is 11.0. The van der Waals surface area contributed by atoms with Crippen LogP contribution in [0.5, 0.6) is 17.2 Å². The van der Waals surface area contributed by atoms with Crippen LogP contribution in [0.1, 0.15) is 21.5 Å². The number of halogens is 1. The number of hydrogen-bond donors (Lipinski definition) is 1. The van der Waals surface area contributed by atoms with E-state index in [0.29, 0.717) is 34.1 Å². The lowest BCUT2D eigenvalue weighted by Gasteiger charge is -2.11. The van der Waals surface area contributed by atoms with Crippen molar-refractivity contribution < 1.29 is 28.2 Å². The molecule has 8 nitrogen and oxygen atoms in total. The second kappa shape index (κ2) is 10.8. The minimum Gasteiger partial charge on any atom is -0.493 e. The maximum atomic E-state index is 12.3. The number of fused-ring (bicyclic) bond motifs is 1. The number of hydrogen-bond acceptors (Lipinski definition) is 7. The smallest absolute Gasteiger partial charge is 0.349 e. The fraction of sp³-hybridized carbons (Fsp3) is 0.0741. The molecule has 0 saturated heterocycles. The number of amides is 1.